The van der Waals surface area contributed by atoms with Crippen molar-refractivity contribution in [2.75, 3.05) is 14.2 Å². The van der Waals surface area contributed by atoms with Crippen molar-refractivity contribution >= 4 is 17.1 Å². The molecule has 110 valence electrons. The van der Waals surface area contributed by atoms with E-state index in [1.54, 1.807) is 14.2 Å². The Balaban J connectivity index is 2.16. The lowest BCUT2D eigenvalue weighted by Crippen LogP contribution is -1.92. The average Bonchev–Trinajstić information content (AvgIpc) is 2.60. The monoisotopic (exact) mass is 292 g/mol. The van der Waals surface area contributed by atoms with Gasteiger partial charge in [-0.3, -0.25) is 4.79 Å². The zero-order valence-electron chi connectivity index (χ0n) is 12.5. The molecular weight excluding hydrogens is 276 g/mol. The summed E-state index contributed by atoms with van der Waals surface area (Å²) in [6.07, 6.45) is 0.840. The van der Waals surface area contributed by atoms with Crippen molar-refractivity contribution in [2.45, 2.75) is 0 Å². The molecule has 0 atom stereocenters. The molecule has 0 aliphatic carbocycles. The van der Waals surface area contributed by atoms with Gasteiger partial charge in [0.2, 0.25) is 0 Å². The van der Waals surface area contributed by atoms with Gasteiger partial charge < -0.3 is 9.47 Å². The number of carbonyl (C=O) groups excluding carboxylic acids is 1. The summed E-state index contributed by atoms with van der Waals surface area (Å²) in [5.74, 6) is 1.41. The largest absolute Gasteiger partial charge is 0.497 e. The molecule has 0 spiro atoms. The predicted octanol–water partition coefficient (Wildman–Crippen LogP) is 4.34. The van der Waals surface area contributed by atoms with Crippen molar-refractivity contribution in [3.63, 3.8) is 0 Å². The minimum Gasteiger partial charge on any atom is -0.497 e. The molecule has 3 aromatic rings. The van der Waals surface area contributed by atoms with Gasteiger partial charge in [0.15, 0.2) is 6.29 Å². The van der Waals surface area contributed by atoms with Crippen LogP contribution in [0.5, 0.6) is 11.5 Å². The van der Waals surface area contributed by atoms with E-state index in [2.05, 4.69) is 6.07 Å². The third-order valence-corrected chi connectivity index (χ3v) is 3.76. The van der Waals surface area contributed by atoms with Crippen LogP contribution in [0.3, 0.4) is 0 Å². The zero-order chi connectivity index (χ0) is 15.5. The molecule has 3 heteroatoms. The van der Waals surface area contributed by atoms with E-state index in [0.29, 0.717) is 11.3 Å². The van der Waals surface area contributed by atoms with Crippen LogP contribution in [-0.4, -0.2) is 20.5 Å². The van der Waals surface area contributed by atoms with Crippen LogP contribution in [-0.2, 0) is 0 Å². The number of methoxy groups -OCH3 is 2. The summed E-state index contributed by atoms with van der Waals surface area (Å²) in [4.78, 5) is 11.3. The maximum Gasteiger partial charge on any atom is 0.154 e. The van der Waals surface area contributed by atoms with Gasteiger partial charge in [0.1, 0.15) is 11.5 Å². The Morgan fingerprint density at radius 1 is 0.864 bits per heavy atom. The van der Waals surface area contributed by atoms with E-state index in [4.69, 9.17) is 9.47 Å². The lowest BCUT2D eigenvalue weighted by molar-refractivity contribution is 0.112. The van der Waals surface area contributed by atoms with Gasteiger partial charge in [0, 0.05) is 0 Å². The molecule has 0 saturated carbocycles. The highest BCUT2D eigenvalue weighted by Crippen LogP contribution is 2.31. The van der Waals surface area contributed by atoms with Gasteiger partial charge in [-0.1, -0.05) is 30.3 Å². The molecular formula is C19H16O3. The highest BCUT2D eigenvalue weighted by molar-refractivity contribution is 6.02. The lowest BCUT2D eigenvalue weighted by Gasteiger charge is -2.10. The number of ether oxygens (including phenoxy) is 2. The Hall–Kier alpha value is -2.81. The molecule has 22 heavy (non-hydrogen) atoms. The number of benzene rings is 3. The van der Waals surface area contributed by atoms with Gasteiger partial charge in [0.05, 0.1) is 19.8 Å². The Bertz CT molecular complexity index is 837. The van der Waals surface area contributed by atoms with E-state index >= 15 is 0 Å². The quantitative estimate of drug-likeness (QED) is 0.671. The number of aldehydes is 1. The highest BCUT2D eigenvalue weighted by atomic mass is 16.5. The summed E-state index contributed by atoms with van der Waals surface area (Å²) in [7, 11) is 3.22. The topological polar surface area (TPSA) is 35.5 Å². The first-order valence-corrected chi connectivity index (χ1v) is 6.97. The molecule has 0 bridgehead atoms. The molecule has 0 aliphatic rings. The van der Waals surface area contributed by atoms with Crippen molar-refractivity contribution in [1.82, 2.24) is 0 Å². The second-order valence-electron chi connectivity index (χ2n) is 4.97. The molecule has 0 fully saturated rings. The number of fused-ring (bicyclic) bond motifs is 1. The smallest absolute Gasteiger partial charge is 0.154 e. The summed E-state index contributed by atoms with van der Waals surface area (Å²) < 4.78 is 10.5. The van der Waals surface area contributed by atoms with E-state index < -0.39 is 0 Å². The molecule has 3 rings (SSSR count). The minimum atomic E-state index is 0.581. The molecule has 0 unspecified atom stereocenters. The Morgan fingerprint density at radius 3 is 2.41 bits per heavy atom. The summed E-state index contributed by atoms with van der Waals surface area (Å²) in [5.41, 5.74) is 2.73. The molecule has 0 heterocycles. The SMILES string of the molecule is COc1cccc(-c2ccc3c(C=O)c(OC)ccc3c2)c1. The van der Waals surface area contributed by atoms with Gasteiger partial charge in [-0.2, -0.15) is 0 Å². The van der Waals surface area contributed by atoms with E-state index in [1.807, 2.05) is 48.5 Å². The second-order valence-corrected chi connectivity index (χ2v) is 4.97. The van der Waals surface area contributed by atoms with Crippen LogP contribution in [0.25, 0.3) is 21.9 Å². The molecule has 3 nitrogen and oxygen atoms in total. The van der Waals surface area contributed by atoms with E-state index in [1.165, 1.54) is 0 Å². The fourth-order valence-corrected chi connectivity index (χ4v) is 2.62. The number of carbonyl (C=O) groups is 1. The summed E-state index contributed by atoms with van der Waals surface area (Å²) in [5, 5.41) is 1.89. The molecule has 0 aromatic heterocycles. The molecule has 0 N–H and O–H groups in total. The van der Waals surface area contributed by atoms with Crippen LogP contribution in [0.2, 0.25) is 0 Å². The van der Waals surface area contributed by atoms with Gasteiger partial charge in [-0.05, 0) is 46.2 Å². The van der Waals surface area contributed by atoms with Crippen molar-refractivity contribution in [1.29, 1.82) is 0 Å². The average molecular weight is 292 g/mol. The van der Waals surface area contributed by atoms with Crippen LogP contribution >= 0.6 is 0 Å². The van der Waals surface area contributed by atoms with E-state index in [0.717, 1.165) is 33.9 Å². The number of hydrogen-bond acceptors (Lipinski definition) is 3. The summed E-state index contributed by atoms with van der Waals surface area (Å²) in [6, 6.07) is 17.7. The van der Waals surface area contributed by atoms with Crippen LogP contribution in [0.4, 0.5) is 0 Å². The first kappa shape index (κ1) is 14.1. The van der Waals surface area contributed by atoms with Gasteiger partial charge >= 0.3 is 0 Å². The van der Waals surface area contributed by atoms with Gasteiger partial charge in [0.25, 0.3) is 0 Å². The molecule has 0 aliphatic heterocycles. The fraction of sp³-hybridized carbons (Fsp3) is 0.105. The van der Waals surface area contributed by atoms with Crippen molar-refractivity contribution in [3.05, 3.63) is 60.2 Å². The fourth-order valence-electron chi connectivity index (χ4n) is 2.62. The Kier molecular flexibility index (Phi) is 3.79. The maximum atomic E-state index is 11.3. The molecule has 3 aromatic carbocycles. The van der Waals surface area contributed by atoms with Crippen LogP contribution in [0, 0.1) is 0 Å². The standard InChI is InChI=1S/C19H16O3/c1-21-16-5-3-4-13(11-16)14-6-8-17-15(10-14)7-9-19(22-2)18(17)12-20/h3-12H,1-2H3. The van der Waals surface area contributed by atoms with Crippen molar-refractivity contribution in [3.8, 4) is 22.6 Å². The van der Waals surface area contributed by atoms with Crippen molar-refractivity contribution < 1.29 is 14.3 Å². The van der Waals surface area contributed by atoms with E-state index in [-0.39, 0.29) is 0 Å². The summed E-state index contributed by atoms with van der Waals surface area (Å²) >= 11 is 0. The normalized spacial score (nSPS) is 10.5. The Morgan fingerprint density at radius 2 is 1.68 bits per heavy atom. The Labute approximate surface area is 129 Å². The second kappa shape index (κ2) is 5.90. The lowest BCUT2D eigenvalue weighted by atomic mass is 9.98. The number of rotatable bonds is 4. The van der Waals surface area contributed by atoms with Crippen LogP contribution in [0.15, 0.2) is 54.6 Å². The molecule has 0 saturated heterocycles. The van der Waals surface area contributed by atoms with Crippen molar-refractivity contribution in [2.24, 2.45) is 0 Å². The minimum absolute atomic E-state index is 0.581. The van der Waals surface area contributed by atoms with Gasteiger partial charge in [-0.25, -0.2) is 0 Å². The maximum absolute atomic E-state index is 11.3. The zero-order valence-corrected chi connectivity index (χ0v) is 12.5. The van der Waals surface area contributed by atoms with Crippen LogP contribution < -0.4 is 9.47 Å². The molecule has 0 radical (unpaired) electrons. The number of hydrogen-bond donors (Lipinski definition) is 0. The van der Waals surface area contributed by atoms with E-state index in [9.17, 15) is 4.79 Å². The molecule has 0 amide bonds. The first-order valence-electron chi connectivity index (χ1n) is 6.97. The van der Waals surface area contributed by atoms with Gasteiger partial charge in [-0.15, -0.1) is 0 Å². The predicted molar refractivity (Wildman–Crippen MR) is 87.9 cm³/mol. The summed E-state index contributed by atoms with van der Waals surface area (Å²) in [6.45, 7) is 0. The third-order valence-electron chi connectivity index (χ3n) is 3.76. The first-order chi connectivity index (χ1) is 10.8. The highest BCUT2D eigenvalue weighted by Gasteiger charge is 2.09. The third kappa shape index (κ3) is 2.42. The van der Waals surface area contributed by atoms with Crippen LogP contribution in [0.1, 0.15) is 10.4 Å².